The Morgan fingerprint density at radius 3 is 2.40 bits per heavy atom. The summed E-state index contributed by atoms with van der Waals surface area (Å²) in [4.78, 5) is 0. The summed E-state index contributed by atoms with van der Waals surface area (Å²) in [6, 6.07) is 0. The van der Waals surface area contributed by atoms with Gasteiger partial charge in [-0.25, -0.2) is 0 Å². The van der Waals surface area contributed by atoms with Crippen LogP contribution in [0.2, 0.25) is 0 Å². The van der Waals surface area contributed by atoms with Crippen LogP contribution in [0.25, 0.3) is 0 Å². The molecule has 0 radical (unpaired) electrons. The van der Waals surface area contributed by atoms with Gasteiger partial charge in [0, 0.05) is 6.54 Å². The Morgan fingerprint density at radius 2 is 2.10 bits per heavy atom. The van der Waals surface area contributed by atoms with Crippen molar-refractivity contribution in [2.75, 3.05) is 6.54 Å². The molecule has 0 saturated heterocycles. The second-order valence-electron chi connectivity index (χ2n) is 1.81. The molecule has 3 N–H and O–H groups in total. The summed E-state index contributed by atoms with van der Waals surface area (Å²) in [6.07, 6.45) is 3.28. The molecule has 0 bridgehead atoms. The molecule has 0 atom stereocenters. The van der Waals surface area contributed by atoms with Crippen LogP contribution < -0.4 is 11.1 Å². The van der Waals surface area contributed by atoms with Crippen LogP contribution in [0.15, 0.2) is 36.7 Å². The number of hydrogen-bond acceptors (Lipinski definition) is 2. The molecule has 0 spiro atoms. The summed E-state index contributed by atoms with van der Waals surface area (Å²) >= 11 is 0. The highest BCUT2D eigenvalue weighted by molar-refractivity contribution is 5.27. The smallest absolute Gasteiger partial charge is 0.0567 e. The Bertz CT molecular complexity index is 157. The molecule has 0 rings (SSSR count). The van der Waals surface area contributed by atoms with Gasteiger partial charge >= 0.3 is 0 Å². The lowest BCUT2D eigenvalue weighted by Crippen LogP contribution is -2.15. The van der Waals surface area contributed by atoms with E-state index in [0.717, 1.165) is 12.2 Å². The lowest BCUT2D eigenvalue weighted by molar-refractivity contribution is 0.867. The van der Waals surface area contributed by atoms with E-state index in [0.29, 0.717) is 5.70 Å². The summed E-state index contributed by atoms with van der Waals surface area (Å²) < 4.78 is 0. The zero-order chi connectivity index (χ0) is 7.98. The fourth-order valence-corrected chi connectivity index (χ4v) is 0.592. The minimum absolute atomic E-state index is 0.636. The Morgan fingerprint density at radius 1 is 1.50 bits per heavy atom. The molecule has 0 aromatic carbocycles. The van der Waals surface area contributed by atoms with Crippen molar-refractivity contribution in [3.63, 3.8) is 0 Å². The first-order chi connectivity index (χ1) is 4.76. The third-order valence-electron chi connectivity index (χ3n) is 1.10. The first-order valence-corrected chi connectivity index (χ1v) is 3.24. The third-order valence-corrected chi connectivity index (χ3v) is 1.10. The average molecular weight is 138 g/mol. The van der Waals surface area contributed by atoms with E-state index in [1.165, 1.54) is 0 Å². The summed E-state index contributed by atoms with van der Waals surface area (Å²) in [7, 11) is 0. The van der Waals surface area contributed by atoms with Crippen molar-refractivity contribution in [3.05, 3.63) is 36.7 Å². The van der Waals surface area contributed by atoms with E-state index in [1.807, 2.05) is 6.92 Å². The number of nitrogens with one attached hydrogen (secondary N) is 1. The molecular weight excluding hydrogens is 124 g/mol. The van der Waals surface area contributed by atoms with E-state index < -0.39 is 0 Å². The Balaban J connectivity index is 4.28. The maximum atomic E-state index is 5.54. The van der Waals surface area contributed by atoms with E-state index in [-0.39, 0.29) is 0 Å². The summed E-state index contributed by atoms with van der Waals surface area (Å²) in [5.74, 6) is 0. The lowest BCUT2D eigenvalue weighted by Gasteiger charge is -2.04. The minimum atomic E-state index is 0.636. The van der Waals surface area contributed by atoms with Crippen LogP contribution in [-0.4, -0.2) is 6.54 Å². The van der Waals surface area contributed by atoms with Crippen LogP contribution in [0, 0.1) is 0 Å². The summed E-state index contributed by atoms with van der Waals surface area (Å²) in [5, 5.41) is 3.05. The standard InChI is InChI=1S/C8H14N2/c1-4-7(9)8(5-2)10-6-3/h4-5,10H,1-2,6,9H2,3H3/b8-7-. The van der Waals surface area contributed by atoms with E-state index in [9.17, 15) is 0 Å². The first-order valence-electron chi connectivity index (χ1n) is 3.24. The molecule has 0 heterocycles. The van der Waals surface area contributed by atoms with E-state index in [4.69, 9.17) is 5.73 Å². The van der Waals surface area contributed by atoms with Crippen LogP contribution in [0.5, 0.6) is 0 Å². The van der Waals surface area contributed by atoms with Gasteiger partial charge in [-0.3, -0.25) is 0 Å². The quantitative estimate of drug-likeness (QED) is 0.572. The largest absolute Gasteiger partial charge is 0.397 e. The van der Waals surface area contributed by atoms with Crippen molar-refractivity contribution in [1.82, 2.24) is 5.32 Å². The molecule has 0 amide bonds. The molecular formula is C8H14N2. The number of hydrogen-bond donors (Lipinski definition) is 2. The molecule has 0 aromatic heterocycles. The molecule has 0 aliphatic rings. The topological polar surface area (TPSA) is 38.0 Å². The van der Waals surface area contributed by atoms with Gasteiger partial charge in [0.05, 0.1) is 11.4 Å². The van der Waals surface area contributed by atoms with Gasteiger partial charge < -0.3 is 11.1 Å². The Kier molecular flexibility index (Phi) is 4.12. The van der Waals surface area contributed by atoms with Crippen molar-refractivity contribution in [2.45, 2.75) is 6.92 Å². The summed E-state index contributed by atoms with van der Waals surface area (Å²) in [5.41, 5.74) is 7.02. The van der Waals surface area contributed by atoms with Crippen LogP contribution in [0.4, 0.5) is 0 Å². The minimum Gasteiger partial charge on any atom is -0.397 e. The molecule has 56 valence electrons. The second-order valence-corrected chi connectivity index (χ2v) is 1.81. The van der Waals surface area contributed by atoms with Crippen molar-refractivity contribution >= 4 is 0 Å². The van der Waals surface area contributed by atoms with Crippen LogP contribution in [0.3, 0.4) is 0 Å². The van der Waals surface area contributed by atoms with Crippen molar-refractivity contribution in [1.29, 1.82) is 0 Å². The molecule has 0 aliphatic heterocycles. The fourth-order valence-electron chi connectivity index (χ4n) is 0.592. The third kappa shape index (κ3) is 2.40. The van der Waals surface area contributed by atoms with Gasteiger partial charge in [0.25, 0.3) is 0 Å². The highest BCUT2D eigenvalue weighted by Gasteiger charge is 1.90. The first kappa shape index (κ1) is 8.82. The van der Waals surface area contributed by atoms with Gasteiger partial charge in [-0.2, -0.15) is 0 Å². The Labute approximate surface area is 62.1 Å². The van der Waals surface area contributed by atoms with Gasteiger partial charge in [-0.05, 0) is 19.1 Å². The summed E-state index contributed by atoms with van der Waals surface area (Å²) in [6.45, 7) is 9.98. The highest BCUT2D eigenvalue weighted by atomic mass is 14.9. The van der Waals surface area contributed by atoms with Crippen molar-refractivity contribution in [2.24, 2.45) is 5.73 Å². The normalized spacial score (nSPS) is 11.7. The van der Waals surface area contributed by atoms with E-state index in [2.05, 4.69) is 18.5 Å². The van der Waals surface area contributed by atoms with Gasteiger partial charge in [-0.15, -0.1) is 0 Å². The number of rotatable bonds is 4. The molecule has 2 heteroatoms. The van der Waals surface area contributed by atoms with Gasteiger partial charge in [0.2, 0.25) is 0 Å². The lowest BCUT2D eigenvalue weighted by atomic mass is 10.3. The van der Waals surface area contributed by atoms with Crippen LogP contribution in [0.1, 0.15) is 6.92 Å². The van der Waals surface area contributed by atoms with Crippen LogP contribution in [-0.2, 0) is 0 Å². The average Bonchev–Trinajstić information content (AvgIpc) is 1.99. The monoisotopic (exact) mass is 138 g/mol. The second kappa shape index (κ2) is 4.68. The number of likely N-dealkylation sites (N-methyl/N-ethyl adjacent to an activating group) is 1. The van der Waals surface area contributed by atoms with Gasteiger partial charge in [-0.1, -0.05) is 13.2 Å². The van der Waals surface area contributed by atoms with Gasteiger partial charge in [0.1, 0.15) is 0 Å². The molecule has 0 aliphatic carbocycles. The van der Waals surface area contributed by atoms with E-state index in [1.54, 1.807) is 12.2 Å². The number of allylic oxidation sites excluding steroid dienone is 2. The maximum Gasteiger partial charge on any atom is 0.0567 e. The number of nitrogens with two attached hydrogens (primary N) is 1. The van der Waals surface area contributed by atoms with Crippen molar-refractivity contribution < 1.29 is 0 Å². The molecule has 0 unspecified atom stereocenters. The SMILES string of the molecule is C=C/C(N)=C(\C=C)NCC. The predicted octanol–water partition coefficient (Wildman–Crippen LogP) is 1.14. The van der Waals surface area contributed by atoms with Crippen LogP contribution >= 0.6 is 0 Å². The molecule has 0 aromatic rings. The molecule has 2 nitrogen and oxygen atoms in total. The Hall–Kier alpha value is -1.18. The fraction of sp³-hybridized carbons (Fsp3) is 0.250. The zero-order valence-corrected chi connectivity index (χ0v) is 6.35. The zero-order valence-electron chi connectivity index (χ0n) is 6.35. The maximum absolute atomic E-state index is 5.54. The predicted molar refractivity (Wildman–Crippen MR) is 45.3 cm³/mol. The highest BCUT2D eigenvalue weighted by Crippen LogP contribution is 1.95. The molecule has 0 saturated carbocycles. The molecule has 0 fully saturated rings. The van der Waals surface area contributed by atoms with Gasteiger partial charge in [0.15, 0.2) is 0 Å². The van der Waals surface area contributed by atoms with E-state index >= 15 is 0 Å². The molecule has 10 heavy (non-hydrogen) atoms. The van der Waals surface area contributed by atoms with Crippen molar-refractivity contribution in [3.8, 4) is 0 Å².